The summed E-state index contributed by atoms with van der Waals surface area (Å²) in [7, 11) is 1.29. The van der Waals surface area contributed by atoms with Gasteiger partial charge in [-0.15, -0.1) is 0 Å². The van der Waals surface area contributed by atoms with Crippen LogP contribution in [0.15, 0.2) is 12.1 Å². The van der Waals surface area contributed by atoms with Crippen LogP contribution in [-0.2, 0) is 9.53 Å². The lowest BCUT2D eigenvalue weighted by atomic mass is 10.1. The van der Waals surface area contributed by atoms with E-state index in [1.54, 1.807) is 0 Å². The lowest BCUT2D eigenvalue weighted by Gasteiger charge is -2.11. The van der Waals surface area contributed by atoms with Crippen molar-refractivity contribution in [1.29, 1.82) is 0 Å². The van der Waals surface area contributed by atoms with Crippen molar-refractivity contribution in [3.8, 4) is 5.75 Å². The normalized spacial score (nSPS) is 10.4. The van der Waals surface area contributed by atoms with Crippen LogP contribution in [0.3, 0.4) is 0 Å². The molecule has 1 amide bonds. The highest BCUT2D eigenvalue weighted by Crippen LogP contribution is 2.24. The third-order valence-corrected chi connectivity index (χ3v) is 3.48. The molecule has 8 heteroatoms. The molecule has 0 saturated heterocycles. The van der Waals surface area contributed by atoms with Gasteiger partial charge in [-0.2, -0.15) is 0 Å². The van der Waals surface area contributed by atoms with Crippen LogP contribution in [0, 0.1) is 5.82 Å². The highest BCUT2D eigenvalue weighted by molar-refractivity contribution is 5.99. The van der Waals surface area contributed by atoms with Gasteiger partial charge in [-0.05, 0) is 31.7 Å². The van der Waals surface area contributed by atoms with Crippen molar-refractivity contribution in [2.75, 3.05) is 32.6 Å². The van der Waals surface area contributed by atoms with Gasteiger partial charge in [-0.25, -0.2) is 4.39 Å². The van der Waals surface area contributed by atoms with Crippen LogP contribution in [-0.4, -0.2) is 43.9 Å². The standard InChI is InChI=1S/C17H25FN2O5/c1-24-16(22)6-5-9-25-15-11-14(19)12(10-13(15)18)17(23)20-7-3-2-4-8-21/h10-11,21H,2-9,19H2,1H3,(H,20,23). The summed E-state index contributed by atoms with van der Waals surface area (Å²) >= 11 is 0. The number of amides is 1. The van der Waals surface area contributed by atoms with E-state index in [9.17, 15) is 14.0 Å². The van der Waals surface area contributed by atoms with Crippen LogP contribution < -0.4 is 15.8 Å². The molecule has 0 aliphatic carbocycles. The number of unbranched alkanes of at least 4 members (excludes halogenated alkanes) is 2. The molecule has 0 atom stereocenters. The lowest BCUT2D eigenvalue weighted by Crippen LogP contribution is -2.25. The van der Waals surface area contributed by atoms with Crippen molar-refractivity contribution < 1.29 is 28.6 Å². The Kier molecular flexibility index (Phi) is 9.31. The molecule has 0 aliphatic heterocycles. The summed E-state index contributed by atoms with van der Waals surface area (Å²) in [5.41, 5.74) is 5.95. The largest absolute Gasteiger partial charge is 0.490 e. The van der Waals surface area contributed by atoms with E-state index in [-0.39, 0.29) is 42.6 Å². The first-order valence-corrected chi connectivity index (χ1v) is 8.17. The van der Waals surface area contributed by atoms with E-state index < -0.39 is 11.7 Å². The third kappa shape index (κ3) is 7.38. The number of hydrogen-bond donors (Lipinski definition) is 3. The summed E-state index contributed by atoms with van der Waals surface area (Å²) < 4.78 is 23.8. The molecule has 0 spiro atoms. The Labute approximate surface area is 146 Å². The smallest absolute Gasteiger partial charge is 0.305 e. The summed E-state index contributed by atoms with van der Waals surface area (Å²) in [4.78, 5) is 23.0. The van der Waals surface area contributed by atoms with Gasteiger partial charge >= 0.3 is 5.97 Å². The Morgan fingerprint density at radius 2 is 2.00 bits per heavy atom. The molecule has 1 aromatic rings. The number of benzene rings is 1. The number of aliphatic hydroxyl groups excluding tert-OH is 1. The van der Waals surface area contributed by atoms with Crippen molar-refractivity contribution >= 4 is 17.6 Å². The highest BCUT2D eigenvalue weighted by atomic mass is 19.1. The van der Waals surface area contributed by atoms with Crippen molar-refractivity contribution in [3.63, 3.8) is 0 Å². The molecule has 0 unspecified atom stereocenters. The molecule has 0 aromatic heterocycles. The molecule has 0 fully saturated rings. The number of esters is 1. The van der Waals surface area contributed by atoms with Gasteiger partial charge in [0.25, 0.3) is 5.91 Å². The fourth-order valence-electron chi connectivity index (χ4n) is 2.09. The number of ether oxygens (including phenoxy) is 2. The molecule has 140 valence electrons. The Bertz CT molecular complexity index is 580. The average Bonchev–Trinajstić information content (AvgIpc) is 2.60. The van der Waals surface area contributed by atoms with E-state index in [0.29, 0.717) is 19.4 Å². The minimum absolute atomic E-state index is 0.0431. The number of anilines is 1. The Hall–Kier alpha value is -2.35. The number of hydrogen-bond acceptors (Lipinski definition) is 6. The zero-order valence-electron chi connectivity index (χ0n) is 14.3. The minimum atomic E-state index is -0.697. The molecule has 0 saturated carbocycles. The number of methoxy groups -OCH3 is 1. The first kappa shape index (κ1) is 20.7. The van der Waals surface area contributed by atoms with E-state index in [0.717, 1.165) is 18.9 Å². The fraction of sp³-hybridized carbons (Fsp3) is 0.529. The topological polar surface area (TPSA) is 111 Å². The van der Waals surface area contributed by atoms with Gasteiger partial charge in [0.15, 0.2) is 11.6 Å². The second kappa shape index (κ2) is 11.2. The molecule has 7 nitrogen and oxygen atoms in total. The van der Waals surface area contributed by atoms with Gasteiger partial charge < -0.3 is 25.6 Å². The number of carbonyl (C=O) groups excluding carboxylic acids is 2. The average molecular weight is 356 g/mol. The SMILES string of the molecule is COC(=O)CCCOc1cc(N)c(C(=O)NCCCCCO)cc1F. The first-order valence-electron chi connectivity index (χ1n) is 8.17. The second-order valence-corrected chi connectivity index (χ2v) is 5.44. The van der Waals surface area contributed by atoms with Crippen LogP contribution in [0.2, 0.25) is 0 Å². The van der Waals surface area contributed by atoms with E-state index in [4.69, 9.17) is 15.6 Å². The van der Waals surface area contributed by atoms with Crippen molar-refractivity contribution in [2.45, 2.75) is 32.1 Å². The number of halogens is 1. The summed E-state index contributed by atoms with van der Waals surface area (Å²) in [5.74, 6) is -1.59. The van der Waals surface area contributed by atoms with Gasteiger partial charge in [-0.1, -0.05) is 0 Å². The predicted molar refractivity (Wildman–Crippen MR) is 90.8 cm³/mol. The highest BCUT2D eigenvalue weighted by Gasteiger charge is 2.15. The summed E-state index contributed by atoms with van der Waals surface area (Å²) in [6.07, 6.45) is 2.73. The Morgan fingerprint density at radius 1 is 1.24 bits per heavy atom. The number of carbonyl (C=O) groups is 2. The molecule has 4 N–H and O–H groups in total. The van der Waals surface area contributed by atoms with Crippen LogP contribution in [0.4, 0.5) is 10.1 Å². The van der Waals surface area contributed by atoms with Crippen molar-refractivity contribution in [1.82, 2.24) is 5.32 Å². The van der Waals surface area contributed by atoms with Crippen LogP contribution >= 0.6 is 0 Å². The summed E-state index contributed by atoms with van der Waals surface area (Å²) in [6.45, 7) is 0.667. The third-order valence-electron chi connectivity index (χ3n) is 3.48. The van der Waals surface area contributed by atoms with Gasteiger partial charge in [0, 0.05) is 31.3 Å². The number of nitrogens with one attached hydrogen (secondary N) is 1. The van der Waals surface area contributed by atoms with E-state index in [1.165, 1.54) is 13.2 Å². The van der Waals surface area contributed by atoms with Gasteiger partial charge in [0.1, 0.15) is 0 Å². The zero-order chi connectivity index (χ0) is 18.7. The number of nitrogens with two attached hydrogens (primary N) is 1. The van der Waals surface area contributed by atoms with E-state index >= 15 is 0 Å². The molecule has 0 heterocycles. The molecule has 0 bridgehead atoms. The van der Waals surface area contributed by atoms with Crippen LogP contribution in [0.1, 0.15) is 42.5 Å². The predicted octanol–water partition coefficient (Wildman–Crippen LogP) is 1.63. The van der Waals surface area contributed by atoms with Crippen molar-refractivity contribution in [2.24, 2.45) is 0 Å². The minimum Gasteiger partial charge on any atom is -0.490 e. The maximum Gasteiger partial charge on any atom is 0.305 e. The number of rotatable bonds is 11. The molecular weight excluding hydrogens is 331 g/mol. The fourth-order valence-corrected chi connectivity index (χ4v) is 2.09. The summed E-state index contributed by atoms with van der Waals surface area (Å²) in [5, 5.41) is 11.3. The molecule has 1 rings (SSSR count). The maximum atomic E-state index is 14.1. The zero-order valence-corrected chi connectivity index (χ0v) is 14.3. The molecule has 1 aromatic carbocycles. The maximum absolute atomic E-state index is 14.1. The van der Waals surface area contributed by atoms with Crippen molar-refractivity contribution in [3.05, 3.63) is 23.5 Å². The van der Waals surface area contributed by atoms with Crippen LogP contribution in [0.5, 0.6) is 5.75 Å². The first-order chi connectivity index (χ1) is 12.0. The number of nitrogen functional groups attached to an aromatic ring is 1. The van der Waals surface area contributed by atoms with Gasteiger partial charge in [-0.3, -0.25) is 9.59 Å². The quantitative estimate of drug-likeness (QED) is 0.316. The molecule has 25 heavy (non-hydrogen) atoms. The Balaban J connectivity index is 2.54. The van der Waals surface area contributed by atoms with Gasteiger partial charge in [0.05, 0.1) is 19.3 Å². The second-order valence-electron chi connectivity index (χ2n) is 5.44. The van der Waals surface area contributed by atoms with E-state index in [1.807, 2.05) is 0 Å². The monoisotopic (exact) mass is 356 g/mol. The number of aliphatic hydroxyl groups is 1. The summed E-state index contributed by atoms with van der Waals surface area (Å²) in [6, 6.07) is 2.29. The van der Waals surface area contributed by atoms with Crippen LogP contribution in [0.25, 0.3) is 0 Å². The molecule has 0 aliphatic rings. The van der Waals surface area contributed by atoms with E-state index in [2.05, 4.69) is 10.1 Å². The lowest BCUT2D eigenvalue weighted by molar-refractivity contribution is -0.140. The molecule has 0 radical (unpaired) electrons. The van der Waals surface area contributed by atoms with Gasteiger partial charge in [0.2, 0.25) is 0 Å². The Morgan fingerprint density at radius 3 is 2.68 bits per heavy atom. The molecular formula is C17H25FN2O5.